The summed E-state index contributed by atoms with van der Waals surface area (Å²) in [5.41, 5.74) is 0.368. The number of hydrogen-bond acceptors (Lipinski definition) is 3. The Morgan fingerprint density at radius 3 is 2.38 bits per heavy atom. The summed E-state index contributed by atoms with van der Waals surface area (Å²) in [5, 5.41) is 3.28. The molecule has 1 N–H and O–H groups in total. The first-order valence-corrected chi connectivity index (χ1v) is 8.22. The Labute approximate surface area is 127 Å². The van der Waals surface area contributed by atoms with Crippen LogP contribution in [0.5, 0.6) is 0 Å². The second-order valence-corrected chi connectivity index (χ2v) is 8.10. The van der Waals surface area contributed by atoms with Gasteiger partial charge in [-0.25, -0.2) is 0 Å². The van der Waals surface area contributed by atoms with E-state index in [9.17, 15) is 9.59 Å². The maximum absolute atomic E-state index is 11.7. The van der Waals surface area contributed by atoms with E-state index in [0.29, 0.717) is 17.9 Å². The van der Waals surface area contributed by atoms with Crippen LogP contribution < -0.4 is 5.32 Å². The predicted octanol–water partition coefficient (Wildman–Crippen LogP) is 2.80. The highest BCUT2D eigenvalue weighted by molar-refractivity contribution is 5.74. The number of nitrogens with one attached hydrogen (secondary N) is 1. The molecule has 0 aliphatic heterocycles. The van der Waals surface area contributed by atoms with Crippen molar-refractivity contribution in [3.63, 3.8) is 0 Å². The average molecular weight is 293 g/mol. The van der Waals surface area contributed by atoms with Gasteiger partial charge in [-0.3, -0.25) is 9.59 Å². The fourth-order valence-corrected chi connectivity index (χ4v) is 6.17. The lowest BCUT2D eigenvalue weighted by molar-refractivity contribution is -0.173. The molecule has 0 aromatic heterocycles. The van der Waals surface area contributed by atoms with Gasteiger partial charge in [-0.05, 0) is 49.9 Å². The Hall–Kier alpha value is -1.06. The Morgan fingerprint density at radius 2 is 1.76 bits per heavy atom. The number of hydrogen-bond donors (Lipinski definition) is 1. The number of carbonyl (C=O) groups excluding carboxylic acids is 2. The Kier molecular flexibility index (Phi) is 3.34. The van der Waals surface area contributed by atoms with Crippen molar-refractivity contribution in [2.45, 2.75) is 71.3 Å². The van der Waals surface area contributed by atoms with Crippen LogP contribution in [-0.4, -0.2) is 24.0 Å². The zero-order valence-electron chi connectivity index (χ0n) is 13.5. The zero-order chi connectivity index (χ0) is 15.3. The maximum atomic E-state index is 11.7. The predicted molar refractivity (Wildman–Crippen MR) is 79.5 cm³/mol. The molecule has 4 aliphatic carbocycles. The summed E-state index contributed by atoms with van der Waals surface area (Å²) < 4.78 is 5.41. The fourth-order valence-electron chi connectivity index (χ4n) is 6.17. The zero-order valence-corrected chi connectivity index (χ0v) is 13.5. The van der Waals surface area contributed by atoms with Crippen molar-refractivity contribution in [1.82, 2.24) is 5.32 Å². The maximum Gasteiger partial charge on any atom is 0.302 e. The highest BCUT2D eigenvalue weighted by Gasteiger charge is 2.63. The molecular formula is C17H27NO3. The molecule has 0 saturated heterocycles. The Bertz CT molecular complexity index is 477. The van der Waals surface area contributed by atoms with E-state index >= 15 is 0 Å². The largest absolute Gasteiger partial charge is 0.465 e. The number of amides is 1. The van der Waals surface area contributed by atoms with Crippen LogP contribution in [0.4, 0.5) is 0 Å². The molecule has 4 unspecified atom stereocenters. The van der Waals surface area contributed by atoms with Crippen molar-refractivity contribution >= 4 is 11.9 Å². The lowest BCUT2D eigenvalue weighted by atomic mass is 9.41. The third kappa shape index (κ3) is 2.58. The Morgan fingerprint density at radius 1 is 1.10 bits per heavy atom. The van der Waals surface area contributed by atoms with Crippen LogP contribution >= 0.6 is 0 Å². The molecule has 4 atom stereocenters. The summed E-state index contributed by atoms with van der Waals surface area (Å²) in [6, 6.07) is 0. The van der Waals surface area contributed by atoms with Gasteiger partial charge >= 0.3 is 5.97 Å². The van der Waals surface area contributed by atoms with Crippen molar-refractivity contribution < 1.29 is 14.3 Å². The summed E-state index contributed by atoms with van der Waals surface area (Å²) in [7, 11) is 0. The van der Waals surface area contributed by atoms with Gasteiger partial charge in [-0.2, -0.15) is 0 Å². The normalized spacial score (nSPS) is 43.7. The van der Waals surface area contributed by atoms with Gasteiger partial charge in [0, 0.05) is 24.8 Å². The minimum atomic E-state index is -0.190. The van der Waals surface area contributed by atoms with Crippen LogP contribution in [0.3, 0.4) is 0 Å². The van der Waals surface area contributed by atoms with Gasteiger partial charge < -0.3 is 10.1 Å². The highest BCUT2D eigenvalue weighted by atomic mass is 16.5. The van der Waals surface area contributed by atoms with Gasteiger partial charge in [0.2, 0.25) is 5.91 Å². The summed E-state index contributed by atoms with van der Waals surface area (Å²) in [4.78, 5) is 22.9. The lowest BCUT2D eigenvalue weighted by Gasteiger charge is -2.66. The van der Waals surface area contributed by atoms with Gasteiger partial charge in [0.1, 0.15) is 0 Å². The topological polar surface area (TPSA) is 55.4 Å². The molecule has 0 spiro atoms. The fraction of sp³-hybridized carbons (Fsp3) is 0.882. The smallest absolute Gasteiger partial charge is 0.302 e. The van der Waals surface area contributed by atoms with E-state index in [2.05, 4.69) is 12.2 Å². The first kappa shape index (κ1) is 14.9. The number of ether oxygens (including phenoxy) is 1. The van der Waals surface area contributed by atoms with E-state index in [4.69, 9.17) is 4.74 Å². The van der Waals surface area contributed by atoms with E-state index in [-0.39, 0.29) is 22.8 Å². The van der Waals surface area contributed by atoms with Gasteiger partial charge in [-0.1, -0.05) is 13.3 Å². The third-order valence-electron chi connectivity index (χ3n) is 6.07. The van der Waals surface area contributed by atoms with Crippen LogP contribution in [0.15, 0.2) is 0 Å². The van der Waals surface area contributed by atoms with Crippen molar-refractivity contribution in [2.24, 2.45) is 16.7 Å². The van der Waals surface area contributed by atoms with Crippen molar-refractivity contribution in [1.29, 1.82) is 0 Å². The van der Waals surface area contributed by atoms with Crippen LogP contribution in [0, 0.1) is 16.7 Å². The average Bonchev–Trinajstić information content (AvgIpc) is 2.33. The molecule has 118 valence electrons. The molecule has 0 heterocycles. The standard InChI is InChI=1S/C17H27NO3/c1-4-15-5-14-6-16(8-15,11-21-13(3)20)10-17(7-14,9-15)18-12(2)19/h14H,4-11H2,1-3H3,(H,18,19). The van der Waals surface area contributed by atoms with E-state index in [1.807, 2.05) is 0 Å². The minimum Gasteiger partial charge on any atom is -0.465 e. The summed E-state index contributed by atoms with van der Waals surface area (Å²) in [6.07, 6.45) is 7.94. The first-order chi connectivity index (χ1) is 9.80. The molecule has 1 amide bonds. The van der Waals surface area contributed by atoms with Crippen LogP contribution in [-0.2, 0) is 14.3 Å². The van der Waals surface area contributed by atoms with Crippen molar-refractivity contribution in [2.75, 3.05) is 6.61 Å². The van der Waals surface area contributed by atoms with E-state index in [0.717, 1.165) is 38.5 Å². The molecule has 0 aromatic carbocycles. The second kappa shape index (κ2) is 4.72. The Balaban J connectivity index is 1.89. The van der Waals surface area contributed by atoms with Gasteiger partial charge in [-0.15, -0.1) is 0 Å². The van der Waals surface area contributed by atoms with E-state index in [1.165, 1.54) is 13.3 Å². The SMILES string of the molecule is CCC12CC3CC(COC(C)=O)(C1)CC(NC(C)=O)(C3)C2. The molecular weight excluding hydrogens is 266 g/mol. The number of rotatable bonds is 4. The highest BCUT2D eigenvalue weighted by Crippen LogP contribution is 2.67. The molecule has 0 radical (unpaired) electrons. The molecule has 0 aromatic rings. The van der Waals surface area contributed by atoms with Gasteiger partial charge in [0.05, 0.1) is 6.61 Å². The summed E-state index contributed by atoms with van der Waals surface area (Å²) >= 11 is 0. The lowest BCUT2D eigenvalue weighted by Crippen LogP contribution is -2.66. The van der Waals surface area contributed by atoms with Crippen LogP contribution in [0.25, 0.3) is 0 Å². The monoisotopic (exact) mass is 293 g/mol. The molecule has 4 bridgehead atoms. The quantitative estimate of drug-likeness (QED) is 0.811. The van der Waals surface area contributed by atoms with Crippen molar-refractivity contribution in [3.8, 4) is 0 Å². The molecule has 4 heteroatoms. The van der Waals surface area contributed by atoms with Crippen molar-refractivity contribution in [3.05, 3.63) is 0 Å². The molecule has 4 nitrogen and oxygen atoms in total. The summed E-state index contributed by atoms with van der Waals surface area (Å²) in [5.74, 6) is 0.555. The molecule has 4 saturated carbocycles. The second-order valence-electron chi connectivity index (χ2n) is 8.10. The van der Waals surface area contributed by atoms with Gasteiger partial charge in [0.25, 0.3) is 0 Å². The molecule has 4 aliphatic rings. The molecule has 4 rings (SSSR count). The molecule has 21 heavy (non-hydrogen) atoms. The number of esters is 1. The molecule has 4 fully saturated rings. The summed E-state index contributed by atoms with van der Waals surface area (Å²) in [6.45, 7) is 5.91. The minimum absolute atomic E-state index is 0.0542. The van der Waals surface area contributed by atoms with Crippen LogP contribution in [0.1, 0.15) is 65.7 Å². The van der Waals surface area contributed by atoms with Gasteiger partial charge in [0.15, 0.2) is 0 Å². The first-order valence-electron chi connectivity index (χ1n) is 8.22. The number of carbonyl (C=O) groups is 2. The van der Waals surface area contributed by atoms with E-state index in [1.54, 1.807) is 6.92 Å². The van der Waals surface area contributed by atoms with E-state index < -0.39 is 0 Å². The van der Waals surface area contributed by atoms with Crippen LogP contribution in [0.2, 0.25) is 0 Å². The third-order valence-corrected chi connectivity index (χ3v) is 6.07.